The predicted molar refractivity (Wildman–Crippen MR) is 81.2 cm³/mol. The van der Waals surface area contributed by atoms with Gasteiger partial charge in [0.15, 0.2) is 0 Å². The van der Waals surface area contributed by atoms with E-state index in [0.717, 1.165) is 11.3 Å². The third-order valence-corrected chi connectivity index (χ3v) is 3.13. The molecule has 0 spiro atoms. The van der Waals surface area contributed by atoms with Crippen molar-refractivity contribution in [1.82, 2.24) is 0 Å². The topological polar surface area (TPSA) is 55.4 Å². The molecule has 4 nitrogen and oxygen atoms in total. The second-order valence-electron chi connectivity index (χ2n) is 4.55. The lowest BCUT2D eigenvalue weighted by molar-refractivity contribution is -0.140. The van der Waals surface area contributed by atoms with E-state index in [1.54, 1.807) is 12.1 Å². The number of carbonyl (C=O) groups is 2. The highest BCUT2D eigenvalue weighted by Crippen LogP contribution is 2.18. The van der Waals surface area contributed by atoms with Gasteiger partial charge in [0, 0.05) is 17.7 Å². The van der Waals surface area contributed by atoms with Crippen molar-refractivity contribution < 1.29 is 14.3 Å². The summed E-state index contributed by atoms with van der Waals surface area (Å²) in [5.74, 6) is -0.430. The van der Waals surface area contributed by atoms with Gasteiger partial charge in [0.2, 0.25) is 0 Å². The summed E-state index contributed by atoms with van der Waals surface area (Å²) in [6, 6.07) is 16.5. The van der Waals surface area contributed by atoms with Crippen molar-refractivity contribution >= 4 is 17.6 Å². The molecular formula is C17H17NO3. The summed E-state index contributed by atoms with van der Waals surface area (Å²) >= 11 is 0. The van der Waals surface area contributed by atoms with Crippen LogP contribution in [0.25, 0.3) is 0 Å². The monoisotopic (exact) mass is 283 g/mol. The van der Waals surface area contributed by atoms with Crippen LogP contribution in [0.4, 0.5) is 5.69 Å². The summed E-state index contributed by atoms with van der Waals surface area (Å²) in [4.78, 5) is 23.4. The van der Waals surface area contributed by atoms with Gasteiger partial charge in [0.1, 0.15) is 0 Å². The first kappa shape index (κ1) is 14.8. The predicted octanol–water partition coefficient (Wildman–Crippen LogP) is 3.04. The van der Waals surface area contributed by atoms with Crippen molar-refractivity contribution in [2.24, 2.45) is 0 Å². The minimum absolute atomic E-state index is 0.166. The molecule has 1 amide bonds. The van der Waals surface area contributed by atoms with E-state index in [9.17, 15) is 9.59 Å². The van der Waals surface area contributed by atoms with E-state index in [1.807, 2.05) is 42.5 Å². The smallest absolute Gasteiger partial charge is 0.305 e. The molecule has 0 bridgehead atoms. The molecule has 0 aliphatic carbocycles. The quantitative estimate of drug-likeness (QED) is 0.858. The summed E-state index contributed by atoms with van der Waals surface area (Å²) in [7, 11) is 1.37. The van der Waals surface area contributed by atoms with E-state index in [2.05, 4.69) is 10.1 Å². The largest absolute Gasteiger partial charge is 0.469 e. The fourth-order valence-electron chi connectivity index (χ4n) is 1.98. The fraction of sp³-hybridized carbons (Fsp3) is 0.176. The molecule has 108 valence electrons. The molecule has 2 aromatic rings. The number of para-hydroxylation sites is 1. The zero-order valence-electron chi connectivity index (χ0n) is 11.8. The molecule has 1 N–H and O–H groups in total. The molecule has 2 rings (SSSR count). The average molecular weight is 283 g/mol. The molecule has 0 aliphatic rings. The Morgan fingerprint density at radius 3 is 2.38 bits per heavy atom. The maximum atomic E-state index is 12.2. The lowest BCUT2D eigenvalue weighted by Gasteiger charge is -2.10. The van der Waals surface area contributed by atoms with Crippen LogP contribution in [-0.2, 0) is 16.0 Å². The molecule has 0 fully saturated rings. The van der Waals surface area contributed by atoms with Crippen molar-refractivity contribution in [2.75, 3.05) is 12.4 Å². The van der Waals surface area contributed by atoms with Gasteiger partial charge in [-0.25, -0.2) is 0 Å². The minimum Gasteiger partial charge on any atom is -0.469 e. The molecule has 0 saturated heterocycles. The van der Waals surface area contributed by atoms with Gasteiger partial charge in [0.05, 0.1) is 7.11 Å². The van der Waals surface area contributed by atoms with E-state index < -0.39 is 0 Å². The SMILES string of the molecule is COC(=O)CCc1ccccc1NC(=O)c1ccccc1. The highest BCUT2D eigenvalue weighted by molar-refractivity contribution is 6.04. The molecule has 2 aromatic carbocycles. The normalized spacial score (nSPS) is 9.95. The van der Waals surface area contributed by atoms with Crippen molar-refractivity contribution in [1.29, 1.82) is 0 Å². The second-order valence-corrected chi connectivity index (χ2v) is 4.55. The zero-order valence-corrected chi connectivity index (χ0v) is 11.8. The molecular weight excluding hydrogens is 266 g/mol. The van der Waals surface area contributed by atoms with Crippen LogP contribution in [0.2, 0.25) is 0 Å². The standard InChI is InChI=1S/C17H17NO3/c1-21-16(19)12-11-13-7-5-6-10-15(13)18-17(20)14-8-3-2-4-9-14/h2-10H,11-12H2,1H3,(H,18,20). The Labute approximate surface area is 123 Å². The van der Waals surface area contributed by atoms with E-state index in [-0.39, 0.29) is 18.3 Å². The summed E-state index contributed by atoms with van der Waals surface area (Å²) in [5, 5.41) is 2.88. The zero-order chi connectivity index (χ0) is 15.1. The van der Waals surface area contributed by atoms with Crippen LogP contribution < -0.4 is 5.32 Å². The van der Waals surface area contributed by atoms with Crippen molar-refractivity contribution in [3.8, 4) is 0 Å². The van der Waals surface area contributed by atoms with Gasteiger partial charge in [-0.1, -0.05) is 36.4 Å². The lowest BCUT2D eigenvalue weighted by Crippen LogP contribution is -2.13. The van der Waals surface area contributed by atoms with Crippen LogP contribution in [0.5, 0.6) is 0 Å². The summed E-state index contributed by atoms with van der Waals surface area (Å²) in [5.41, 5.74) is 2.22. The molecule has 21 heavy (non-hydrogen) atoms. The number of hydrogen-bond acceptors (Lipinski definition) is 3. The van der Waals surface area contributed by atoms with E-state index in [0.29, 0.717) is 12.0 Å². The number of nitrogens with one attached hydrogen (secondary N) is 1. The van der Waals surface area contributed by atoms with Crippen LogP contribution in [-0.4, -0.2) is 19.0 Å². The molecule has 4 heteroatoms. The number of hydrogen-bond donors (Lipinski definition) is 1. The molecule has 0 atom stereocenters. The summed E-state index contributed by atoms with van der Waals surface area (Å²) in [6.45, 7) is 0. The van der Waals surface area contributed by atoms with Gasteiger partial charge in [0.25, 0.3) is 5.91 Å². The Bertz CT molecular complexity index is 623. The van der Waals surface area contributed by atoms with Gasteiger partial charge < -0.3 is 10.1 Å². The minimum atomic E-state index is -0.265. The fourth-order valence-corrected chi connectivity index (χ4v) is 1.98. The van der Waals surface area contributed by atoms with Crippen molar-refractivity contribution in [3.63, 3.8) is 0 Å². The van der Waals surface area contributed by atoms with Crippen LogP contribution in [0.3, 0.4) is 0 Å². The van der Waals surface area contributed by atoms with Gasteiger partial charge in [-0.15, -0.1) is 0 Å². The van der Waals surface area contributed by atoms with E-state index in [1.165, 1.54) is 7.11 Å². The van der Waals surface area contributed by atoms with E-state index >= 15 is 0 Å². The first-order valence-electron chi connectivity index (χ1n) is 6.72. The van der Waals surface area contributed by atoms with E-state index in [4.69, 9.17) is 0 Å². The Kier molecular flexibility index (Phi) is 5.10. The Hall–Kier alpha value is -2.62. The third-order valence-electron chi connectivity index (χ3n) is 3.13. The molecule has 0 aromatic heterocycles. The number of esters is 1. The molecule has 0 unspecified atom stereocenters. The number of ether oxygens (including phenoxy) is 1. The van der Waals surface area contributed by atoms with Gasteiger partial charge >= 0.3 is 5.97 Å². The van der Waals surface area contributed by atoms with Crippen molar-refractivity contribution in [2.45, 2.75) is 12.8 Å². The maximum Gasteiger partial charge on any atom is 0.305 e. The molecule has 0 aliphatic heterocycles. The lowest BCUT2D eigenvalue weighted by atomic mass is 10.1. The summed E-state index contributed by atoms with van der Waals surface area (Å²) in [6.07, 6.45) is 0.812. The number of amides is 1. The second kappa shape index (κ2) is 7.24. The van der Waals surface area contributed by atoms with Crippen LogP contribution in [0, 0.1) is 0 Å². The highest BCUT2D eigenvalue weighted by Gasteiger charge is 2.09. The maximum absolute atomic E-state index is 12.2. The summed E-state index contributed by atoms with van der Waals surface area (Å²) < 4.78 is 4.64. The molecule has 0 radical (unpaired) electrons. The number of benzene rings is 2. The van der Waals surface area contributed by atoms with Crippen LogP contribution in [0.1, 0.15) is 22.3 Å². The van der Waals surface area contributed by atoms with Gasteiger partial charge in [-0.2, -0.15) is 0 Å². The van der Waals surface area contributed by atoms with Gasteiger partial charge in [-0.05, 0) is 30.2 Å². The van der Waals surface area contributed by atoms with Crippen molar-refractivity contribution in [3.05, 3.63) is 65.7 Å². The number of methoxy groups -OCH3 is 1. The third kappa shape index (κ3) is 4.18. The highest BCUT2D eigenvalue weighted by atomic mass is 16.5. The van der Waals surface area contributed by atoms with Crippen LogP contribution >= 0.6 is 0 Å². The number of aryl methyl sites for hydroxylation is 1. The Morgan fingerprint density at radius 2 is 1.67 bits per heavy atom. The average Bonchev–Trinajstić information content (AvgIpc) is 2.54. The molecule has 0 saturated carbocycles. The molecule has 0 heterocycles. The van der Waals surface area contributed by atoms with Crippen LogP contribution in [0.15, 0.2) is 54.6 Å². The Morgan fingerprint density at radius 1 is 1.00 bits per heavy atom. The number of rotatable bonds is 5. The first-order chi connectivity index (χ1) is 10.2. The first-order valence-corrected chi connectivity index (χ1v) is 6.72. The number of anilines is 1. The number of carbonyl (C=O) groups excluding carboxylic acids is 2. The van der Waals surface area contributed by atoms with Gasteiger partial charge in [-0.3, -0.25) is 9.59 Å². The Balaban J connectivity index is 2.09.